The Morgan fingerprint density at radius 1 is 1.41 bits per heavy atom. The van der Waals surface area contributed by atoms with Crippen molar-refractivity contribution in [3.63, 3.8) is 0 Å². The molecule has 0 aliphatic rings. The lowest BCUT2D eigenvalue weighted by molar-refractivity contribution is 0.276. The minimum Gasteiger partial charge on any atom is -0.507 e. The van der Waals surface area contributed by atoms with Crippen molar-refractivity contribution in [3.8, 4) is 5.75 Å². The highest BCUT2D eigenvalue weighted by atomic mass is 16.3. The highest BCUT2D eigenvalue weighted by Gasteiger charge is 2.11. The molecule has 6 heteroatoms. The van der Waals surface area contributed by atoms with Crippen molar-refractivity contribution in [2.75, 3.05) is 0 Å². The molecule has 2 aromatic heterocycles. The normalized spacial score (nSPS) is 11.4. The third-order valence-corrected chi connectivity index (χ3v) is 2.65. The van der Waals surface area contributed by atoms with Crippen LogP contribution in [-0.4, -0.2) is 24.8 Å². The number of benzene rings is 1. The quantitative estimate of drug-likeness (QED) is 0.564. The van der Waals surface area contributed by atoms with Gasteiger partial charge in [0, 0.05) is 0 Å². The highest BCUT2D eigenvalue weighted by Crippen LogP contribution is 2.26. The molecule has 6 nitrogen and oxygen atoms in total. The summed E-state index contributed by atoms with van der Waals surface area (Å²) in [6.45, 7) is -0.254. The van der Waals surface area contributed by atoms with E-state index >= 15 is 0 Å². The molecular weight excluding hydrogens is 222 g/mol. The van der Waals surface area contributed by atoms with Crippen molar-refractivity contribution in [3.05, 3.63) is 40.4 Å². The number of rotatable bonds is 1. The molecule has 3 aromatic rings. The van der Waals surface area contributed by atoms with E-state index in [1.54, 1.807) is 18.2 Å². The fourth-order valence-corrected chi connectivity index (χ4v) is 1.92. The SMILES string of the molecule is O=c1[nH]c2cccc(O)c2c2cc(CO)nn12. The lowest BCUT2D eigenvalue weighted by Crippen LogP contribution is -2.17. The van der Waals surface area contributed by atoms with Crippen molar-refractivity contribution < 1.29 is 10.2 Å². The molecule has 0 spiro atoms. The van der Waals surface area contributed by atoms with Crippen molar-refractivity contribution in [1.29, 1.82) is 0 Å². The fourth-order valence-electron chi connectivity index (χ4n) is 1.92. The topological polar surface area (TPSA) is 90.6 Å². The number of aromatic hydroxyl groups is 1. The van der Waals surface area contributed by atoms with E-state index in [2.05, 4.69) is 10.1 Å². The second-order valence-corrected chi connectivity index (χ2v) is 3.72. The third-order valence-electron chi connectivity index (χ3n) is 2.65. The molecule has 0 aliphatic heterocycles. The number of aromatic nitrogens is 3. The molecule has 0 atom stereocenters. The summed E-state index contributed by atoms with van der Waals surface area (Å²) in [7, 11) is 0. The standard InChI is InChI=1S/C11H9N3O3/c15-5-6-4-8-10-7(2-1-3-9(10)16)12-11(17)14(8)13-6/h1-4,15-16H,5H2,(H,12,17). The van der Waals surface area contributed by atoms with E-state index in [1.165, 1.54) is 6.07 Å². The van der Waals surface area contributed by atoms with E-state index in [0.717, 1.165) is 4.52 Å². The number of aliphatic hydroxyl groups is 1. The van der Waals surface area contributed by atoms with Crippen molar-refractivity contribution in [1.82, 2.24) is 14.6 Å². The van der Waals surface area contributed by atoms with Crippen LogP contribution in [0.25, 0.3) is 16.4 Å². The first-order valence-electron chi connectivity index (χ1n) is 5.04. The maximum absolute atomic E-state index is 11.7. The first-order chi connectivity index (χ1) is 8.20. The molecule has 1 aromatic carbocycles. The Morgan fingerprint density at radius 3 is 3.00 bits per heavy atom. The molecule has 3 rings (SSSR count). The van der Waals surface area contributed by atoms with Crippen LogP contribution < -0.4 is 5.69 Å². The summed E-state index contributed by atoms with van der Waals surface area (Å²) in [5, 5.41) is 23.3. The lowest BCUT2D eigenvalue weighted by Gasteiger charge is -2.01. The van der Waals surface area contributed by atoms with E-state index < -0.39 is 5.69 Å². The summed E-state index contributed by atoms with van der Waals surface area (Å²) in [6, 6.07) is 6.46. The molecule has 3 N–H and O–H groups in total. The molecule has 0 amide bonds. The monoisotopic (exact) mass is 231 g/mol. The van der Waals surface area contributed by atoms with Crippen LogP contribution >= 0.6 is 0 Å². The Kier molecular flexibility index (Phi) is 1.93. The van der Waals surface area contributed by atoms with Crippen LogP contribution in [0.3, 0.4) is 0 Å². The van der Waals surface area contributed by atoms with E-state index in [-0.39, 0.29) is 12.4 Å². The Morgan fingerprint density at radius 2 is 2.24 bits per heavy atom. The first kappa shape index (κ1) is 9.86. The van der Waals surface area contributed by atoms with Crippen LogP contribution in [0.1, 0.15) is 5.69 Å². The smallest absolute Gasteiger partial charge is 0.347 e. The Bertz CT molecular complexity index is 773. The molecule has 0 saturated heterocycles. The van der Waals surface area contributed by atoms with Gasteiger partial charge in [-0.25, -0.2) is 4.79 Å². The van der Waals surface area contributed by atoms with Crippen LogP contribution in [0.4, 0.5) is 0 Å². The number of aliphatic hydroxyl groups excluding tert-OH is 1. The van der Waals surface area contributed by atoms with Gasteiger partial charge < -0.3 is 15.2 Å². The molecule has 0 bridgehead atoms. The summed E-state index contributed by atoms with van der Waals surface area (Å²) in [4.78, 5) is 14.3. The van der Waals surface area contributed by atoms with Crippen LogP contribution in [0.5, 0.6) is 5.75 Å². The molecular formula is C11H9N3O3. The van der Waals surface area contributed by atoms with Gasteiger partial charge >= 0.3 is 5.69 Å². The lowest BCUT2D eigenvalue weighted by atomic mass is 10.2. The number of nitrogens with zero attached hydrogens (tertiary/aromatic N) is 2. The van der Waals surface area contributed by atoms with Gasteiger partial charge in [-0.05, 0) is 18.2 Å². The molecule has 86 valence electrons. The maximum atomic E-state index is 11.7. The van der Waals surface area contributed by atoms with Gasteiger partial charge in [0.25, 0.3) is 0 Å². The number of aromatic amines is 1. The predicted molar refractivity (Wildman–Crippen MR) is 60.9 cm³/mol. The van der Waals surface area contributed by atoms with E-state index in [4.69, 9.17) is 5.11 Å². The molecule has 0 fully saturated rings. The molecule has 2 heterocycles. The zero-order valence-electron chi connectivity index (χ0n) is 8.71. The summed E-state index contributed by atoms with van der Waals surface area (Å²) in [6.07, 6.45) is 0. The highest BCUT2D eigenvalue weighted by molar-refractivity contribution is 5.97. The zero-order valence-corrected chi connectivity index (χ0v) is 8.71. The van der Waals surface area contributed by atoms with Crippen molar-refractivity contribution in [2.45, 2.75) is 6.61 Å². The summed E-state index contributed by atoms with van der Waals surface area (Å²) in [5.41, 5.74) is 0.988. The van der Waals surface area contributed by atoms with Crippen LogP contribution in [-0.2, 0) is 6.61 Å². The summed E-state index contributed by atoms with van der Waals surface area (Å²) >= 11 is 0. The zero-order chi connectivity index (χ0) is 12.0. The minimum absolute atomic E-state index is 0.0631. The average molecular weight is 231 g/mol. The molecule has 0 radical (unpaired) electrons. The second-order valence-electron chi connectivity index (χ2n) is 3.72. The van der Waals surface area contributed by atoms with Crippen LogP contribution in [0, 0.1) is 0 Å². The second kappa shape index (κ2) is 3.33. The number of nitrogens with one attached hydrogen (secondary N) is 1. The van der Waals surface area contributed by atoms with Crippen LogP contribution in [0.15, 0.2) is 29.1 Å². The Balaban J connectivity index is 2.61. The van der Waals surface area contributed by atoms with Crippen molar-refractivity contribution >= 4 is 16.4 Å². The van der Waals surface area contributed by atoms with Gasteiger partial charge in [0.15, 0.2) is 0 Å². The Labute approximate surface area is 94.8 Å². The summed E-state index contributed by atoms with van der Waals surface area (Å²) < 4.78 is 1.13. The van der Waals surface area contributed by atoms with E-state index in [0.29, 0.717) is 22.1 Å². The van der Waals surface area contributed by atoms with Gasteiger partial charge in [0.2, 0.25) is 0 Å². The van der Waals surface area contributed by atoms with Gasteiger partial charge in [0.05, 0.1) is 28.7 Å². The number of phenols is 1. The van der Waals surface area contributed by atoms with Crippen LogP contribution in [0.2, 0.25) is 0 Å². The molecule has 17 heavy (non-hydrogen) atoms. The Hall–Kier alpha value is -2.34. The fraction of sp³-hybridized carbons (Fsp3) is 0.0909. The molecule has 0 saturated carbocycles. The largest absolute Gasteiger partial charge is 0.507 e. The summed E-state index contributed by atoms with van der Waals surface area (Å²) in [5.74, 6) is 0.0631. The van der Waals surface area contributed by atoms with Gasteiger partial charge in [0.1, 0.15) is 5.75 Å². The van der Waals surface area contributed by atoms with Gasteiger partial charge in [-0.3, -0.25) is 0 Å². The molecule has 0 aliphatic carbocycles. The van der Waals surface area contributed by atoms with Gasteiger partial charge in [-0.15, -0.1) is 0 Å². The van der Waals surface area contributed by atoms with E-state index in [1.807, 2.05) is 0 Å². The van der Waals surface area contributed by atoms with Gasteiger partial charge in [-0.2, -0.15) is 9.61 Å². The first-order valence-corrected chi connectivity index (χ1v) is 5.04. The number of phenolic OH excluding ortho intramolecular Hbond substituents is 1. The number of fused-ring (bicyclic) bond motifs is 3. The van der Waals surface area contributed by atoms with E-state index in [9.17, 15) is 9.90 Å². The van der Waals surface area contributed by atoms with Crippen molar-refractivity contribution in [2.24, 2.45) is 0 Å². The number of hydrogen-bond acceptors (Lipinski definition) is 4. The number of hydrogen-bond donors (Lipinski definition) is 3. The number of H-pyrrole nitrogens is 1. The van der Waals surface area contributed by atoms with Gasteiger partial charge in [-0.1, -0.05) is 6.07 Å². The maximum Gasteiger partial charge on any atom is 0.347 e. The predicted octanol–water partition coefficient (Wildman–Crippen LogP) is 0.374. The molecule has 0 unspecified atom stereocenters. The minimum atomic E-state index is -0.405. The average Bonchev–Trinajstić information content (AvgIpc) is 2.73. The third kappa shape index (κ3) is 1.31.